The number of amides is 2. The Balaban J connectivity index is 1.52. The van der Waals surface area contributed by atoms with Gasteiger partial charge in [-0.1, -0.05) is 31.9 Å². The number of carbonyl (C=O) groups is 2. The molecule has 0 bridgehead atoms. The highest BCUT2D eigenvalue weighted by atomic mass is 19.4. The third-order valence-electron chi connectivity index (χ3n) is 6.35. The zero-order valence-electron chi connectivity index (χ0n) is 19.1. The van der Waals surface area contributed by atoms with E-state index in [9.17, 15) is 31.5 Å². The van der Waals surface area contributed by atoms with Gasteiger partial charge >= 0.3 is 12.1 Å². The molecule has 1 aliphatic heterocycles. The molecule has 1 aliphatic carbocycles. The Kier molecular flexibility index (Phi) is 7.64. The summed E-state index contributed by atoms with van der Waals surface area (Å²) in [6.45, 7) is 3.51. The molecule has 2 aliphatic rings. The summed E-state index contributed by atoms with van der Waals surface area (Å²) in [6, 6.07) is 1.19. The second-order valence-corrected chi connectivity index (χ2v) is 9.10. The normalized spacial score (nSPS) is 24.2. The molecule has 1 aromatic rings. The Morgan fingerprint density at radius 2 is 1.94 bits per heavy atom. The van der Waals surface area contributed by atoms with Crippen LogP contribution < -0.4 is 16.0 Å². The van der Waals surface area contributed by atoms with E-state index >= 15 is 0 Å². The molecule has 0 aromatic carbocycles. The maximum Gasteiger partial charge on any atom is 0.433 e. The lowest BCUT2D eigenvalue weighted by atomic mass is 9.99. The number of nitrogens with zero attached hydrogens (tertiary/aromatic N) is 1. The van der Waals surface area contributed by atoms with Crippen molar-refractivity contribution in [3.8, 4) is 0 Å². The molecule has 2 heterocycles. The van der Waals surface area contributed by atoms with Crippen LogP contribution in [0.25, 0.3) is 0 Å². The number of aromatic nitrogens is 1. The van der Waals surface area contributed by atoms with Crippen LogP contribution in [0.5, 0.6) is 0 Å². The molecule has 188 valence electrons. The monoisotopic (exact) mass is 488 g/mol. The fourth-order valence-corrected chi connectivity index (χ4v) is 4.16. The fraction of sp³-hybridized carbons (Fsp3) is 0.609. The second-order valence-electron chi connectivity index (χ2n) is 9.10. The van der Waals surface area contributed by atoms with Crippen molar-refractivity contribution in [1.29, 1.82) is 0 Å². The van der Waals surface area contributed by atoms with E-state index < -0.39 is 41.1 Å². The average Bonchev–Trinajstić information content (AvgIpc) is 3.31. The lowest BCUT2D eigenvalue weighted by Crippen LogP contribution is -2.42. The number of hydrogen-bond donors (Lipinski definition) is 3. The first-order valence-electron chi connectivity index (χ1n) is 11.3. The van der Waals surface area contributed by atoms with Gasteiger partial charge in [-0.2, -0.15) is 22.0 Å². The molecule has 3 rings (SSSR count). The van der Waals surface area contributed by atoms with Gasteiger partial charge in [-0.05, 0) is 50.3 Å². The van der Waals surface area contributed by atoms with Crippen molar-refractivity contribution in [2.45, 2.75) is 76.6 Å². The van der Waals surface area contributed by atoms with Gasteiger partial charge in [-0.25, -0.2) is 4.98 Å². The summed E-state index contributed by atoms with van der Waals surface area (Å²) >= 11 is 0. The van der Waals surface area contributed by atoms with Crippen LogP contribution in [0.2, 0.25) is 0 Å². The number of anilines is 1. The Morgan fingerprint density at radius 3 is 2.62 bits per heavy atom. The van der Waals surface area contributed by atoms with E-state index in [1.807, 2.05) is 6.92 Å². The highest BCUT2D eigenvalue weighted by molar-refractivity contribution is 5.95. The van der Waals surface area contributed by atoms with E-state index in [0.717, 1.165) is 25.3 Å². The number of rotatable bonds is 10. The summed E-state index contributed by atoms with van der Waals surface area (Å²) in [5, 5.41) is 7.77. The number of nitrogens with one attached hydrogen (secondary N) is 3. The van der Waals surface area contributed by atoms with Crippen LogP contribution in [0.1, 0.15) is 56.7 Å². The first-order chi connectivity index (χ1) is 15.9. The number of halogens is 5. The minimum absolute atomic E-state index is 0.0205. The van der Waals surface area contributed by atoms with E-state index in [0.29, 0.717) is 24.5 Å². The van der Waals surface area contributed by atoms with Gasteiger partial charge < -0.3 is 16.0 Å². The number of fused-ring (bicyclic) bond motifs is 1. The third-order valence-corrected chi connectivity index (χ3v) is 6.35. The van der Waals surface area contributed by atoms with E-state index in [-0.39, 0.29) is 24.8 Å². The molecule has 0 spiro atoms. The largest absolute Gasteiger partial charge is 0.433 e. The summed E-state index contributed by atoms with van der Waals surface area (Å²) < 4.78 is 66.9. The van der Waals surface area contributed by atoms with Crippen LogP contribution in [-0.2, 0) is 15.8 Å². The molecule has 3 atom stereocenters. The van der Waals surface area contributed by atoms with Crippen molar-refractivity contribution in [3.05, 3.63) is 35.5 Å². The average molecular weight is 489 g/mol. The van der Waals surface area contributed by atoms with Crippen molar-refractivity contribution < 1.29 is 31.5 Å². The molecular weight excluding hydrogens is 459 g/mol. The van der Waals surface area contributed by atoms with Crippen LogP contribution >= 0.6 is 0 Å². The second kappa shape index (κ2) is 9.97. The Labute approximate surface area is 194 Å². The number of piperidine rings is 1. The number of pyridine rings is 1. The predicted molar refractivity (Wildman–Crippen MR) is 116 cm³/mol. The van der Waals surface area contributed by atoms with Crippen molar-refractivity contribution in [2.24, 2.45) is 5.41 Å². The number of hydrogen-bond acceptors (Lipinski definition) is 4. The van der Waals surface area contributed by atoms with Crippen LogP contribution in [0.4, 0.5) is 27.8 Å². The quantitative estimate of drug-likeness (QED) is 0.260. The maximum atomic E-state index is 14.1. The van der Waals surface area contributed by atoms with Gasteiger partial charge in [0.2, 0.25) is 5.91 Å². The summed E-state index contributed by atoms with van der Waals surface area (Å²) in [5.41, 5.74) is -1.28. The smallest absolute Gasteiger partial charge is 0.350 e. The summed E-state index contributed by atoms with van der Waals surface area (Å²) in [4.78, 5) is 28.1. The zero-order valence-corrected chi connectivity index (χ0v) is 19.1. The number of alkyl halides is 5. The fourth-order valence-electron chi connectivity index (χ4n) is 4.16. The van der Waals surface area contributed by atoms with E-state index in [1.54, 1.807) is 0 Å². The predicted octanol–water partition coefficient (Wildman–Crippen LogP) is 4.36. The molecule has 34 heavy (non-hydrogen) atoms. The van der Waals surface area contributed by atoms with Gasteiger partial charge in [-0.3, -0.25) is 9.59 Å². The van der Waals surface area contributed by atoms with Crippen molar-refractivity contribution in [1.82, 2.24) is 15.6 Å². The van der Waals surface area contributed by atoms with Gasteiger partial charge in [0.15, 0.2) is 0 Å². The summed E-state index contributed by atoms with van der Waals surface area (Å²) in [6.07, 6.45) is 1.31. The number of carbonyl (C=O) groups excluding carboxylic acids is 2. The molecule has 3 N–H and O–H groups in total. The van der Waals surface area contributed by atoms with E-state index in [1.165, 1.54) is 19.1 Å². The topological polar surface area (TPSA) is 83.1 Å². The van der Waals surface area contributed by atoms with Gasteiger partial charge in [0, 0.05) is 18.0 Å². The standard InChI is InChI=1S/C23H29F5N4O2/c1-3-4-5-6-7-10-22(24,25)20(34)29-13-21-11-15(30-17(21)12-21)19(33)32-18-14(2)8-9-16(31-18)23(26,27)28/h7-10,15,17,30H,3-6,11-13H2,1-2H3,(H,29,34)(H,31,32,33)/t15-,17+,21-/m0/s1. The minimum Gasteiger partial charge on any atom is -0.350 e. The van der Waals surface area contributed by atoms with Crippen molar-refractivity contribution in [3.63, 3.8) is 0 Å². The molecule has 1 saturated heterocycles. The van der Waals surface area contributed by atoms with Crippen LogP contribution in [0.15, 0.2) is 24.3 Å². The number of allylic oxidation sites excluding steroid dienone is 1. The third kappa shape index (κ3) is 6.11. The number of aryl methyl sites for hydroxylation is 1. The molecule has 2 fully saturated rings. The molecular formula is C23H29F5N4O2. The minimum atomic E-state index is -4.64. The molecule has 1 saturated carbocycles. The molecule has 11 heteroatoms. The number of unbranched alkanes of at least 4 members (excludes halogenated alkanes) is 3. The lowest BCUT2D eigenvalue weighted by molar-refractivity contribution is -0.141. The van der Waals surface area contributed by atoms with Crippen LogP contribution in [0.3, 0.4) is 0 Å². The van der Waals surface area contributed by atoms with Gasteiger partial charge in [0.1, 0.15) is 11.5 Å². The molecule has 0 radical (unpaired) electrons. The highest BCUT2D eigenvalue weighted by Crippen LogP contribution is 2.54. The molecule has 1 aromatic heterocycles. The van der Waals surface area contributed by atoms with E-state index in [4.69, 9.17) is 0 Å². The molecule has 2 amide bonds. The highest BCUT2D eigenvalue weighted by Gasteiger charge is 2.61. The van der Waals surface area contributed by atoms with Gasteiger partial charge in [-0.15, -0.1) is 0 Å². The maximum absolute atomic E-state index is 14.1. The summed E-state index contributed by atoms with van der Waals surface area (Å²) in [7, 11) is 0. The van der Waals surface area contributed by atoms with Crippen molar-refractivity contribution in [2.75, 3.05) is 11.9 Å². The van der Waals surface area contributed by atoms with Crippen LogP contribution in [0, 0.1) is 12.3 Å². The first-order valence-corrected chi connectivity index (χ1v) is 11.3. The van der Waals surface area contributed by atoms with Crippen molar-refractivity contribution >= 4 is 17.6 Å². The SMILES string of the molecule is CCCCCC=CC(F)(F)C(=O)NC[C@@]12C[C@@H](C(=O)Nc3nc(C(F)(F)F)ccc3C)N[C@@H]1C2. The van der Waals surface area contributed by atoms with Gasteiger partial charge in [0.25, 0.3) is 5.91 Å². The molecule has 6 nitrogen and oxygen atoms in total. The Bertz CT molecular complexity index is 950. The van der Waals surface area contributed by atoms with Crippen LogP contribution in [-0.4, -0.2) is 41.3 Å². The molecule has 0 unspecified atom stereocenters. The first kappa shape index (κ1) is 26.1. The lowest BCUT2D eigenvalue weighted by Gasteiger charge is -2.19. The summed E-state index contributed by atoms with van der Waals surface area (Å²) in [5.74, 6) is -5.76. The zero-order chi connectivity index (χ0) is 25.1. The Morgan fingerprint density at radius 1 is 1.21 bits per heavy atom. The van der Waals surface area contributed by atoms with E-state index in [2.05, 4.69) is 20.9 Å². The van der Waals surface area contributed by atoms with Gasteiger partial charge in [0.05, 0.1) is 6.04 Å². The Hall–Kier alpha value is -2.56.